The molecule has 0 aliphatic carbocycles. The molecular weight excluding hydrogens is 112 g/mol. The van der Waals surface area contributed by atoms with Crippen LogP contribution in [0.1, 0.15) is 20.3 Å². The molecule has 0 aliphatic rings. The predicted molar refractivity (Wildman–Crippen MR) is 41.6 cm³/mol. The van der Waals surface area contributed by atoms with Gasteiger partial charge in [0.05, 0.1) is 5.84 Å². The van der Waals surface area contributed by atoms with Crippen molar-refractivity contribution in [3.05, 3.63) is 12.8 Å². The molecule has 0 fully saturated rings. The van der Waals surface area contributed by atoms with Crippen molar-refractivity contribution in [1.82, 2.24) is 5.32 Å². The molecule has 0 saturated heterocycles. The lowest BCUT2D eigenvalue weighted by molar-refractivity contribution is 0.922. The van der Waals surface area contributed by atoms with E-state index in [0.717, 1.165) is 18.8 Å². The van der Waals surface area contributed by atoms with E-state index >= 15 is 0 Å². The number of nitrogens with one attached hydrogen (secondary N) is 1. The third-order valence-electron chi connectivity index (χ3n) is 0.884. The van der Waals surface area contributed by atoms with Crippen LogP contribution in [0.3, 0.4) is 0 Å². The van der Waals surface area contributed by atoms with E-state index in [1.54, 1.807) is 6.20 Å². The van der Waals surface area contributed by atoms with E-state index in [1.165, 1.54) is 0 Å². The van der Waals surface area contributed by atoms with Crippen LogP contribution in [0.25, 0.3) is 0 Å². The summed E-state index contributed by atoms with van der Waals surface area (Å²) >= 11 is 0. The maximum Gasteiger partial charge on any atom is 0.0970 e. The van der Waals surface area contributed by atoms with E-state index in [4.69, 9.17) is 0 Å². The zero-order valence-corrected chi connectivity index (χ0v) is 6.15. The molecular formula is C7H14N2. The summed E-state index contributed by atoms with van der Waals surface area (Å²) in [7, 11) is 0. The standard InChI is InChI=1S/C7H14N2/c1-4-6-9-7(3)8-5-2/h5H,2,4,6H2,1,3H3,(H,8,9). The molecule has 0 aromatic rings. The average molecular weight is 126 g/mol. The van der Waals surface area contributed by atoms with Crippen LogP contribution in [0.2, 0.25) is 0 Å². The fraction of sp³-hybridized carbons (Fsp3) is 0.571. The molecule has 0 aromatic carbocycles. The lowest BCUT2D eigenvalue weighted by atomic mass is 10.5. The lowest BCUT2D eigenvalue weighted by Crippen LogP contribution is -2.12. The smallest absolute Gasteiger partial charge is 0.0970 e. The van der Waals surface area contributed by atoms with Crippen LogP contribution >= 0.6 is 0 Å². The van der Waals surface area contributed by atoms with Gasteiger partial charge in [-0.15, -0.1) is 0 Å². The Bertz CT molecular complexity index is 105. The van der Waals surface area contributed by atoms with Gasteiger partial charge in [-0.2, -0.15) is 0 Å². The average Bonchev–Trinajstić information content (AvgIpc) is 1.85. The number of amidine groups is 1. The topological polar surface area (TPSA) is 24.4 Å². The Balaban J connectivity index is 3.42. The lowest BCUT2D eigenvalue weighted by Gasteiger charge is -1.96. The van der Waals surface area contributed by atoms with Crippen molar-refractivity contribution in [3.8, 4) is 0 Å². The van der Waals surface area contributed by atoms with Crippen LogP contribution in [0.4, 0.5) is 0 Å². The van der Waals surface area contributed by atoms with Gasteiger partial charge in [0.15, 0.2) is 0 Å². The van der Waals surface area contributed by atoms with Crippen molar-refractivity contribution in [1.29, 1.82) is 0 Å². The van der Waals surface area contributed by atoms with E-state index in [9.17, 15) is 0 Å². The van der Waals surface area contributed by atoms with Crippen molar-refractivity contribution < 1.29 is 0 Å². The summed E-state index contributed by atoms with van der Waals surface area (Å²) in [4.78, 5) is 4.17. The van der Waals surface area contributed by atoms with Crippen LogP contribution in [0.5, 0.6) is 0 Å². The van der Waals surface area contributed by atoms with Gasteiger partial charge in [0.25, 0.3) is 0 Å². The summed E-state index contributed by atoms with van der Waals surface area (Å²) in [5.41, 5.74) is 0. The molecule has 0 radical (unpaired) electrons. The summed E-state index contributed by atoms with van der Waals surface area (Å²) in [6.45, 7) is 8.44. The molecule has 0 aromatic heterocycles. The van der Waals surface area contributed by atoms with Crippen LogP contribution in [-0.2, 0) is 0 Å². The highest BCUT2D eigenvalue weighted by atomic mass is 15.0. The van der Waals surface area contributed by atoms with Crippen molar-refractivity contribution in [2.24, 2.45) is 4.99 Å². The molecule has 0 saturated carbocycles. The second-order valence-electron chi connectivity index (χ2n) is 1.82. The molecule has 2 nitrogen and oxygen atoms in total. The minimum atomic E-state index is 0.896. The monoisotopic (exact) mass is 126 g/mol. The van der Waals surface area contributed by atoms with Gasteiger partial charge in [-0.1, -0.05) is 13.5 Å². The second kappa shape index (κ2) is 5.35. The first kappa shape index (κ1) is 8.21. The van der Waals surface area contributed by atoms with Gasteiger partial charge >= 0.3 is 0 Å². The maximum atomic E-state index is 4.17. The number of aliphatic imine (C=N–C) groups is 1. The normalized spacial score (nSPS) is 11.1. The van der Waals surface area contributed by atoms with E-state index in [1.807, 2.05) is 6.92 Å². The summed E-state index contributed by atoms with van der Waals surface area (Å²) in [5, 5.41) is 2.89. The Kier molecular flexibility index (Phi) is 4.88. The largest absolute Gasteiger partial charge is 0.351 e. The third-order valence-corrected chi connectivity index (χ3v) is 0.884. The molecule has 0 aliphatic heterocycles. The van der Waals surface area contributed by atoms with E-state index in [2.05, 4.69) is 23.8 Å². The summed E-state index contributed by atoms with van der Waals surface area (Å²) in [6.07, 6.45) is 2.73. The van der Waals surface area contributed by atoms with Crippen molar-refractivity contribution in [3.63, 3.8) is 0 Å². The molecule has 0 amide bonds. The first-order chi connectivity index (χ1) is 4.31. The Labute approximate surface area is 56.7 Å². The summed E-state index contributed by atoms with van der Waals surface area (Å²) in [6, 6.07) is 0. The SMILES string of the molecule is C=CNC(C)=NCCC. The number of hydrogen-bond donors (Lipinski definition) is 1. The summed E-state index contributed by atoms with van der Waals surface area (Å²) in [5.74, 6) is 0.937. The van der Waals surface area contributed by atoms with Crippen molar-refractivity contribution in [2.75, 3.05) is 6.54 Å². The molecule has 1 N–H and O–H groups in total. The fourth-order valence-electron chi connectivity index (χ4n) is 0.473. The molecule has 0 rings (SSSR count). The Hall–Kier alpha value is -0.790. The van der Waals surface area contributed by atoms with Crippen molar-refractivity contribution >= 4 is 5.84 Å². The van der Waals surface area contributed by atoms with Crippen LogP contribution in [0, 0.1) is 0 Å². The molecule has 2 heteroatoms. The van der Waals surface area contributed by atoms with Gasteiger partial charge in [-0.25, -0.2) is 0 Å². The van der Waals surface area contributed by atoms with E-state index in [0.29, 0.717) is 0 Å². The van der Waals surface area contributed by atoms with Gasteiger partial charge < -0.3 is 5.32 Å². The van der Waals surface area contributed by atoms with Crippen LogP contribution in [0.15, 0.2) is 17.8 Å². The molecule has 0 unspecified atom stereocenters. The quantitative estimate of drug-likeness (QED) is 0.450. The zero-order chi connectivity index (χ0) is 7.11. The molecule has 0 bridgehead atoms. The predicted octanol–water partition coefficient (Wildman–Crippen LogP) is 1.55. The van der Waals surface area contributed by atoms with E-state index in [-0.39, 0.29) is 0 Å². The highest BCUT2D eigenvalue weighted by Crippen LogP contribution is 1.78. The van der Waals surface area contributed by atoms with Crippen LogP contribution < -0.4 is 5.32 Å². The fourth-order valence-corrected chi connectivity index (χ4v) is 0.473. The van der Waals surface area contributed by atoms with Gasteiger partial charge in [0.2, 0.25) is 0 Å². The molecule has 0 heterocycles. The molecule has 0 spiro atoms. The van der Waals surface area contributed by atoms with Gasteiger partial charge in [-0.05, 0) is 19.5 Å². The van der Waals surface area contributed by atoms with Gasteiger partial charge in [0, 0.05) is 6.54 Å². The molecule has 52 valence electrons. The highest BCUT2D eigenvalue weighted by Gasteiger charge is 1.80. The minimum Gasteiger partial charge on any atom is -0.351 e. The first-order valence-electron chi connectivity index (χ1n) is 3.19. The molecule has 9 heavy (non-hydrogen) atoms. The second-order valence-corrected chi connectivity index (χ2v) is 1.82. The van der Waals surface area contributed by atoms with E-state index < -0.39 is 0 Å². The van der Waals surface area contributed by atoms with Crippen LogP contribution in [-0.4, -0.2) is 12.4 Å². The van der Waals surface area contributed by atoms with Gasteiger partial charge in [-0.3, -0.25) is 4.99 Å². The molecule has 0 atom stereocenters. The number of hydrogen-bond acceptors (Lipinski definition) is 1. The number of rotatable bonds is 3. The third kappa shape index (κ3) is 5.07. The summed E-state index contributed by atoms with van der Waals surface area (Å²) < 4.78 is 0. The Morgan fingerprint density at radius 2 is 2.44 bits per heavy atom. The highest BCUT2D eigenvalue weighted by molar-refractivity contribution is 5.80. The Morgan fingerprint density at radius 3 is 2.89 bits per heavy atom. The van der Waals surface area contributed by atoms with Gasteiger partial charge in [0.1, 0.15) is 0 Å². The first-order valence-corrected chi connectivity index (χ1v) is 3.19. The Morgan fingerprint density at radius 1 is 1.78 bits per heavy atom. The minimum absolute atomic E-state index is 0.896. The zero-order valence-electron chi connectivity index (χ0n) is 6.15. The number of nitrogens with zero attached hydrogens (tertiary/aromatic N) is 1. The maximum absolute atomic E-state index is 4.17. The van der Waals surface area contributed by atoms with Crippen molar-refractivity contribution in [2.45, 2.75) is 20.3 Å².